The van der Waals surface area contributed by atoms with Crippen LogP contribution in [0.3, 0.4) is 0 Å². The highest BCUT2D eigenvalue weighted by Crippen LogP contribution is 2.29. The van der Waals surface area contributed by atoms with Gasteiger partial charge in [0.15, 0.2) is 0 Å². The SMILES string of the molecule is CCC(C)(C)C(O)Cc1ccc(Cl)c(Cl)c1. The average molecular weight is 261 g/mol. The molecule has 1 unspecified atom stereocenters. The molecule has 1 aromatic carbocycles. The normalized spacial score (nSPS) is 13.9. The van der Waals surface area contributed by atoms with Gasteiger partial charge in [-0.1, -0.05) is 50.0 Å². The molecule has 0 heterocycles. The molecule has 0 spiro atoms. The predicted molar refractivity (Wildman–Crippen MR) is 70.2 cm³/mol. The van der Waals surface area contributed by atoms with Gasteiger partial charge in [-0.05, 0) is 36.0 Å². The molecule has 0 fully saturated rings. The third-order valence-corrected chi connectivity index (χ3v) is 3.97. The minimum atomic E-state index is -0.366. The number of aliphatic hydroxyl groups is 1. The highest BCUT2D eigenvalue weighted by Gasteiger charge is 2.25. The van der Waals surface area contributed by atoms with Crippen molar-refractivity contribution >= 4 is 23.2 Å². The largest absolute Gasteiger partial charge is 0.392 e. The van der Waals surface area contributed by atoms with E-state index in [4.69, 9.17) is 23.2 Å². The predicted octanol–water partition coefficient (Wildman–Crippen LogP) is 4.33. The second kappa shape index (κ2) is 5.39. The molecule has 0 aliphatic carbocycles. The monoisotopic (exact) mass is 260 g/mol. The summed E-state index contributed by atoms with van der Waals surface area (Å²) in [5.41, 5.74) is 0.940. The van der Waals surface area contributed by atoms with Gasteiger partial charge in [0.1, 0.15) is 0 Å². The summed E-state index contributed by atoms with van der Waals surface area (Å²) in [6.07, 6.45) is 1.18. The van der Waals surface area contributed by atoms with Gasteiger partial charge >= 0.3 is 0 Å². The molecule has 1 N–H and O–H groups in total. The van der Waals surface area contributed by atoms with Crippen LogP contribution in [-0.2, 0) is 6.42 Å². The summed E-state index contributed by atoms with van der Waals surface area (Å²) in [7, 11) is 0. The van der Waals surface area contributed by atoms with Gasteiger partial charge in [0.2, 0.25) is 0 Å². The van der Waals surface area contributed by atoms with Gasteiger partial charge in [0, 0.05) is 0 Å². The van der Waals surface area contributed by atoms with Crippen molar-refractivity contribution in [3.63, 3.8) is 0 Å². The molecule has 1 atom stereocenters. The Morgan fingerprint density at radius 3 is 2.38 bits per heavy atom. The van der Waals surface area contributed by atoms with Crippen molar-refractivity contribution < 1.29 is 5.11 Å². The minimum Gasteiger partial charge on any atom is -0.392 e. The van der Waals surface area contributed by atoms with E-state index in [1.54, 1.807) is 6.07 Å². The van der Waals surface area contributed by atoms with E-state index in [1.165, 1.54) is 0 Å². The molecule has 90 valence electrons. The van der Waals surface area contributed by atoms with Gasteiger partial charge in [-0.2, -0.15) is 0 Å². The van der Waals surface area contributed by atoms with Gasteiger partial charge in [-0.3, -0.25) is 0 Å². The van der Waals surface area contributed by atoms with Crippen molar-refractivity contribution in [1.29, 1.82) is 0 Å². The highest BCUT2D eigenvalue weighted by molar-refractivity contribution is 6.42. The Kier molecular flexibility index (Phi) is 4.66. The van der Waals surface area contributed by atoms with Crippen molar-refractivity contribution in [2.24, 2.45) is 5.41 Å². The third kappa shape index (κ3) is 3.38. The number of hydrogen-bond acceptors (Lipinski definition) is 1. The average Bonchev–Trinajstić information content (AvgIpc) is 2.23. The molecular weight excluding hydrogens is 243 g/mol. The quantitative estimate of drug-likeness (QED) is 0.855. The van der Waals surface area contributed by atoms with E-state index in [9.17, 15) is 5.11 Å². The van der Waals surface area contributed by atoms with Crippen LogP contribution < -0.4 is 0 Å². The highest BCUT2D eigenvalue weighted by atomic mass is 35.5. The van der Waals surface area contributed by atoms with Crippen molar-refractivity contribution in [1.82, 2.24) is 0 Å². The minimum absolute atomic E-state index is 0.0773. The fraction of sp³-hybridized carbons (Fsp3) is 0.538. The Hall–Kier alpha value is -0.240. The van der Waals surface area contributed by atoms with E-state index < -0.39 is 0 Å². The topological polar surface area (TPSA) is 20.2 Å². The van der Waals surface area contributed by atoms with Crippen LogP contribution in [0.1, 0.15) is 32.8 Å². The lowest BCUT2D eigenvalue weighted by Crippen LogP contribution is -2.30. The number of benzene rings is 1. The van der Waals surface area contributed by atoms with Gasteiger partial charge in [0.05, 0.1) is 16.1 Å². The van der Waals surface area contributed by atoms with Crippen LogP contribution in [0, 0.1) is 5.41 Å². The smallest absolute Gasteiger partial charge is 0.0631 e. The maximum atomic E-state index is 10.1. The fourth-order valence-electron chi connectivity index (χ4n) is 1.40. The molecule has 0 bridgehead atoms. The summed E-state index contributed by atoms with van der Waals surface area (Å²) in [5, 5.41) is 11.2. The molecule has 0 saturated heterocycles. The number of aliphatic hydroxyl groups excluding tert-OH is 1. The lowest BCUT2D eigenvalue weighted by atomic mass is 9.81. The van der Waals surface area contributed by atoms with Crippen LogP contribution in [0.15, 0.2) is 18.2 Å². The molecule has 0 saturated carbocycles. The zero-order chi connectivity index (χ0) is 12.3. The molecule has 1 aromatic rings. The summed E-state index contributed by atoms with van der Waals surface area (Å²) < 4.78 is 0. The molecule has 0 aliphatic rings. The van der Waals surface area contributed by atoms with E-state index in [0.29, 0.717) is 16.5 Å². The Labute approximate surface area is 107 Å². The molecule has 0 aliphatic heterocycles. The maximum Gasteiger partial charge on any atom is 0.0631 e. The Bertz CT molecular complexity index is 361. The lowest BCUT2D eigenvalue weighted by molar-refractivity contribution is 0.0479. The summed E-state index contributed by atoms with van der Waals surface area (Å²) in [6.45, 7) is 6.21. The van der Waals surface area contributed by atoms with Crippen LogP contribution in [0.2, 0.25) is 10.0 Å². The van der Waals surface area contributed by atoms with E-state index in [1.807, 2.05) is 12.1 Å². The molecule has 0 aromatic heterocycles. The first kappa shape index (κ1) is 13.8. The molecule has 1 rings (SSSR count). The molecule has 1 nitrogen and oxygen atoms in total. The van der Waals surface area contributed by atoms with Crippen LogP contribution in [0.4, 0.5) is 0 Å². The summed E-state index contributed by atoms with van der Waals surface area (Å²) in [5.74, 6) is 0. The van der Waals surface area contributed by atoms with E-state index >= 15 is 0 Å². The Morgan fingerprint density at radius 1 is 1.25 bits per heavy atom. The fourth-order valence-corrected chi connectivity index (χ4v) is 1.72. The number of halogens is 2. The second-order valence-electron chi connectivity index (χ2n) is 4.81. The van der Waals surface area contributed by atoms with E-state index in [0.717, 1.165) is 12.0 Å². The first-order valence-corrected chi connectivity index (χ1v) is 6.24. The van der Waals surface area contributed by atoms with Gasteiger partial charge in [-0.15, -0.1) is 0 Å². The van der Waals surface area contributed by atoms with E-state index in [2.05, 4.69) is 20.8 Å². The summed E-state index contributed by atoms with van der Waals surface area (Å²) >= 11 is 11.8. The molecule has 0 amide bonds. The van der Waals surface area contributed by atoms with Gasteiger partial charge < -0.3 is 5.11 Å². The Balaban J connectivity index is 2.77. The van der Waals surface area contributed by atoms with Crippen molar-refractivity contribution in [2.45, 2.75) is 39.7 Å². The van der Waals surface area contributed by atoms with E-state index in [-0.39, 0.29) is 11.5 Å². The molecule has 0 radical (unpaired) electrons. The zero-order valence-electron chi connectivity index (χ0n) is 9.93. The van der Waals surface area contributed by atoms with Crippen LogP contribution in [-0.4, -0.2) is 11.2 Å². The van der Waals surface area contributed by atoms with Crippen LogP contribution in [0.5, 0.6) is 0 Å². The van der Waals surface area contributed by atoms with Gasteiger partial charge in [-0.25, -0.2) is 0 Å². The molecule has 16 heavy (non-hydrogen) atoms. The first-order valence-electron chi connectivity index (χ1n) is 5.49. The van der Waals surface area contributed by atoms with Crippen molar-refractivity contribution in [3.8, 4) is 0 Å². The standard InChI is InChI=1S/C13H18Cl2O/c1-4-13(2,3)12(16)8-9-5-6-10(14)11(15)7-9/h5-7,12,16H,4,8H2,1-3H3. The summed E-state index contributed by atoms with van der Waals surface area (Å²) in [6, 6.07) is 5.49. The zero-order valence-corrected chi connectivity index (χ0v) is 11.4. The third-order valence-electron chi connectivity index (χ3n) is 3.23. The van der Waals surface area contributed by atoms with Crippen LogP contribution >= 0.6 is 23.2 Å². The van der Waals surface area contributed by atoms with Crippen molar-refractivity contribution in [2.75, 3.05) is 0 Å². The van der Waals surface area contributed by atoms with Gasteiger partial charge in [0.25, 0.3) is 0 Å². The molecular formula is C13H18Cl2O. The number of rotatable bonds is 4. The Morgan fingerprint density at radius 2 is 1.88 bits per heavy atom. The number of hydrogen-bond donors (Lipinski definition) is 1. The lowest BCUT2D eigenvalue weighted by Gasteiger charge is -2.29. The maximum absolute atomic E-state index is 10.1. The second-order valence-corrected chi connectivity index (χ2v) is 5.62. The summed E-state index contributed by atoms with van der Waals surface area (Å²) in [4.78, 5) is 0. The molecule has 3 heteroatoms. The van der Waals surface area contributed by atoms with Crippen LogP contribution in [0.25, 0.3) is 0 Å². The van der Waals surface area contributed by atoms with Crippen molar-refractivity contribution in [3.05, 3.63) is 33.8 Å². The first-order chi connectivity index (χ1) is 7.36.